The molecule has 0 unspecified atom stereocenters. The first kappa shape index (κ1) is 24.7. The second-order valence-corrected chi connectivity index (χ2v) is 9.40. The SMILES string of the molecule is Cc1ccc(Oc2c(CN(C[C@H](O)Cc3ccccc3)C(C)C)c(C)nn2-c2ccccc2)cc1. The van der Waals surface area contributed by atoms with E-state index in [9.17, 15) is 5.11 Å². The van der Waals surface area contributed by atoms with Crippen LogP contribution in [0.4, 0.5) is 0 Å². The summed E-state index contributed by atoms with van der Waals surface area (Å²) in [4.78, 5) is 2.29. The van der Waals surface area contributed by atoms with Crippen LogP contribution in [0.3, 0.4) is 0 Å². The zero-order valence-electron chi connectivity index (χ0n) is 21.1. The van der Waals surface area contributed by atoms with Crippen LogP contribution in [-0.4, -0.2) is 38.5 Å². The first-order valence-corrected chi connectivity index (χ1v) is 12.2. The number of para-hydroxylation sites is 1. The number of benzene rings is 3. The molecule has 0 amide bonds. The van der Waals surface area contributed by atoms with Crippen molar-refractivity contribution < 1.29 is 9.84 Å². The lowest BCUT2D eigenvalue weighted by atomic mass is 10.1. The van der Waals surface area contributed by atoms with Gasteiger partial charge in [0, 0.05) is 19.1 Å². The molecular formula is C30H35N3O2. The Morgan fingerprint density at radius 3 is 2.14 bits per heavy atom. The lowest BCUT2D eigenvalue weighted by molar-refractivity contribution is 0.0902. The first-order valence-electron chi connectivity index (χ1n) is 12.2. The number of ether oxygens (including phenoxy) is 1. The zero-order valence-corrected chi connectivity index (χ0v) is 21.1. The number of hydrogen-bond donors (Lipinski definition) is 1. The summed E-state index contributed by atoms with van der Waals surface area (Å²) in [6.07, 6.45) is 0.157. The minimum Gasteiger partial charge on any atom is -0.439 e. The second-order valence-electron chi connectivity index (χ2n) is 9.40. The highest BCUT2D eigenvalue weighted by molar-refractivity contribution is 5.43. The maximum atomic E-state index is 10.9. The van der Waals surface area contributed by atoms with E-state index in [-0.39, 0.29) is 6.04 Å². The number of rotatable bonds is 10. The van der Waals surface area contributed by atoms with E-state index in [2.05, 4.69) is 37.8 Å². The van der Waals surface area contributed by atoms with Gasteiger partial charge in [-0.2, -0.15) is 5.10 Å². The molecule has 1 aromatic heterocycles. The predicted octanol–water partition coefficient (Wildman–Crippen LogP) is 6.10. The number of aromatic nitrogens is 2. The third kappa shape index (κ3) is 6.38. The molecule has 0 fully saturated rings. The van der Waals surface area contributed by atoms with Crippen LogP contribution in [0, 0.1) is 13.8 Å². The van der Waals surface area contributed by atoms with Crippen molar-refractivity contribution in [1.82, 2.24) is 14.7 Å². The molecule has 4 aromatic rings. The molecular weight excluding hydrogens is 434 g/mol. The van der Waals surface area contributed by atoms with Crippen LogP contribution in [0.2, 0.25) is 0 Å². The van der Waals surface area contributed by atoms with Gasteiger partial charge in [0.2, 0.25) is 5.88 Å². The largest absolute Gasteiger partial charge is 0.439 e. The van der Waals surface area contributed by atoms with Crippen molar-refractivity contribution >= 4 is 0 Å². The molecule has 4 rings (SSSR count). The van der Waals surface area contributed by atoms with E-state index in [1.807, 2.05) is 84.4 Å². The van der Waals surface area contributed by atoms with Crippen LogP contribution in [0.15, 0.2) is 84.9 Å². The smallest absolute Gasteiger partial charge is 0.227 e. The van der Waals surface area contributed by atoms with E-state index in [1.54, 1.807) is 0 Å². The molecule has 5 heteroatoms. The summed E-state index contributed by atoms with van der Waals surface area (Å²) in [6, 6.07) is 28.5. The van der Waals surface area contributed by atoms with Gasteiger partial charge in [-0.1, -0.05) is 66.2 Å². The van der Waals surface area contributed by atoms with Gasteiger partial charge >= 0.3 is 0 Å². The highest BCUT2D eigenvalue weighted by Gasteiger charge is 2.24. The quantitative estimate of drug-likeness (QED) is 0.305. The molecule has 182 valence electrons. The van der Waals surface area contributed by atoms with Crippen molar-refractivity contribution in [2.75, 3.05) is 6.54 Å². The Balaban J connectivity index is 1.63. The fourth-order valence-corrected chi connectivity index (χ4v) is 4.17. The van der Waals surface area contributed by atoms with Crippen LogP contribution < -0.4 is 4.74 Å². The molecule has 0 spiro atoms. The summed E-state index contributed by atoms with van der Waals surface area (Å²) in [5, 5.41) is 15.7. The molecule has 3 aromatic carbocycles. The van der Waals surface area contributed by atoms with Crippen LogP contribution in [0.25, 0.3) is 5.69 Å². The molecule has 0 radical (unpaired) electrons. The Labute approximate surface area is 208 Å². The Morgan fingerprint density at radius 2 is 1.51 bits per heavy atom. The van der Waals surface area contributed by atoms with Crippen LogP contribution in [-0.2, 0) is 13.0 Å². The van der Waals surface area contributed by atoms with Gasteiger partial charge in [0.25, 0.3) is 0 Å². The van der Waals surface area contributed by atoms with Crippen LogP contribution >= 0.6 is 0 Å². The van der Waals surface area contributed by atoms with Gasteiger partial charge in [-0.15, -0.1) is 0 Å². The topological polar surface area (TPSA) is 50.5 Å². The van der Waals surface area contributed by atoms with Crippen molar-refractivity contribution in [3.8, 4) is 17.3 Å². The Hall–Kier alpha value is -3.41. The number of aryl methyl sites for hydroxylation is 2. The zero-order chi connectivity index (χ0) is 24.8. The predicted molar refractivity (Wildman–Crippen MR) is 141 cm³/mol. The molecule has 1 N–H and O–H groups in total. The molecule has 1 atom stereocenters. The highest BCUT2D eigenvalue weighted by Crippen LogP contribution is 2.32. The summed E-state index contributed by atoms with van der Waals surface area (Å²) in [7, 11) is 0. The Bertz CT molecular complexity index is 1200. The fourth-order valence-electron chi connectivity index (χ4n) is 4.17. The van der Waals surface area contributed by atoms with Crippen molar-refractivity contribution in [3.05, 3.63) is 107 Å². The second kappa shape index (κ2) is 11.3. The van der Waals surface area contributed by atoms with E-state index in [0.29, 0.717) is 25.4 Å². The van der Waals surface area contributed by atoms with Crippen LogP contribution in [0.5, 0.6) is 11.6 Å². The average molecular weight is 470 g/mol. The normalized spacial score (nSPS) is 12.3. The lowest BCUT2D eigenvalue weighted by Gasteiger charge is -2.29. The third-order valence-electron chi connectivity index (χ3n) is 6.22. The van der Waals surface area contributed by atoms with E-state index < -0.39 is 6.10 Å². The van der Waals surface area contributed by atoms with E-state index in [4.69, 9.17) is 9.84 Å². The summed E-state index contributed by atoms with van der Waals surface area (Å²) in [5.41, 5.74) is 5.21. The number of aliphatic hydroxyl groups excluding tert-OH is 1. The number of aliphatic hydroxyl groups is 1. The average Bonchev–Trinajstić information content (AvgIpc) is 3.16. The van der Waals surface area contributed by atoms with E-state index >= 15 is 0 Å². The van der Waals surface area contributed by atoms with Gasteiger partial charge in [0.1, 0.15) is 5.75 Å². The summed E-state index contributed by atoms with van der Waals surface area (Å²) < 4.78 is 8.34. The van der Waals surface area contributed by atoms with Crippen molar-refractivity contribution in [3.63, 3.8) is 0 Å². The molecule has 0 saturated carbocycles. The van der Waals surface area contributed by atoms with Crippen molar-refractivity contribution in [1.29, 1.82) is 0 Å². The maximum Gasteiger partial charge on any atom is 0.227 e. The molecule has 35 heavy (non-hydrogen) atoms. The van der Waals surface area contributed by atoms with E-state index in [0.717, 1.165) is 28.3 Å². The van der Waals surface area contributed by atoms with Gasteiger partial charge in [-0.05, 0) is 63.9 Å². The van der Waals surface area contributed by atoms with Gasteiger partial charge in [0.05, 0.1) is 23.0 Å². The molecule has 1 heterocycles. The van der Waals surface area contributed by atoms with Gasteiger partial charge in [-0.25, -0.2) is 4.68 Å². The molecule has 0 aliphatic carbocycles. The summed E-state index contributed by atoms with van der Waals surface area (Å²) in [6.45, 7) is 9.60. The molecule has 0 aliphatic heterocycles. The van der Waals surface area contributed by atoms with Gasteiger partial charge < -0.3 is 9.84 Å². The minimum atomic E-state index is -0.467. The lowest BCUT2D eigenvalue weighted by Crippen LogP contribution is -2.38. The number of hydrogen-bond acceptors (Lipinski definition) is 4. The van der Waals surface area contributed by atoms with Gasteiger partial charge in [0.15, 0.2) is 0 Å². The molecule has 0 aliphatic rings. The highest BCUT2D eigenvalue weighted by atomic mass is 16.5. The molecule has 5 nitrogen and oxygen atoms in total. The first-order chi connectivity index (χ1) is 16.9. The number of nitrogens with zero attached hydrogens (tertiary/aromatic N) is 3. The monoisotopic (exact) mass is 469 g/mol. The summed E-state index contributed by atoms with van der Waals surface area (Å²) in [5.74, 6) is 1.48. The third-order valence-corrected chi connectivity index (χ3v) is 6.22. The Kier molecular flexibility index (Phi) is 8.01. The van der Waals surface area contributed by atoms with Crippen LogP contribution in [0.1, 0.15) is 36.2 Å². The summed E-state index contributed by atoms with van der Waals surface area (Å²) >= 11 is 0. The van der Waals surface area contributed by atoms with E-state index in [1.165, 1.54) is 5.56 Å². The standard InChI is InChI=1S/C30H35N3O2/c1-22(2)32(20-27(34)19-25-11-7-5-8-12-25)21-29-24(4)31-33(26-13-9-6-10-14-26)30(29)35-28-17-15-23(3)16-18-28/h5-18,22,27,34H,19-21H2,1-4H3/t27-/m1/s1. The molecule has 0 saturated heterocycles. The molecule has 0 bridgehead atoms. The fraction of sp³-hybridized carbons (Fsp3) is 0.300. The minimum absolute atomic E-state index is 0.243. The Morgan fingerprint density at radius 1 is 0.886 bits per heavy atom. The maximum absolute atomic E-state index is 10.9. The van der Waals surface area contributed by atoms with Crippen molar-refractivity contribution in [2.45, 2.75) is 52.8 Å². The van der Waals surface area contributed by atoms with Gasteiger partial charge in [-0.3, -0.25) is 4.90 Å². The van der Waals surface area contributed by atoms with Crippen molar-refractivity contribution in [2.24, 2.45) is 0 Å².